The second-order valence-electron chi connectivity index (χ2n) is 4.83. The lowest BCUT2D eigenvalue weighted by Crippen LogP contribution is -2.47. The summed E-state index contributed by atoms with van der Waals surface area (Å²) in [6.07, 6.45) is 0. The molecule has 1 aliphatic heterocycles. The minimum atomic E-state index is -0.452. The quantitative estimate of drug-likeness (QED) is 0.654. The predicted molar refractivity (Wildman–Crippen MR) is 56.8 cm³/mol. The summed E-state index contributed by atoms with van der Waals surface area (Å²) < 4.78 is 21.6. The van der Waals surface area contributed by atoms with Gasteiger partial charge in [0.15, 0.2) is 5.79 Å². The fourth-order valence-electron chi connectivity index (χ4n) is 1.32. The SMILES string of the molecule is COCCOCC1(C)COC(C)(C)OC1. The van der Waals surface area contributed by atoms with E-state index in [1.807, 2.05) is 13.8 Å². The van der Waals surface area contributed by atoms with Gasteiger partial charge in [0.2, 0.25) is 0 Å². The highest BCUT2D eigenvalue weighted by Crippen LogP contribution is 2.29. The first kappa shape index (κ1) is 12.9. The molecule has 4 heteroatoms. The Kier molecular flexibility index (Phi) is 4.52. The first-order valence-corrected chi connectivity index (χ1v) is 5.32. The summed E-state index contributed by atoms with van der Waals surface area (Å²) in [4.78, 5) is 0. The summed E-state index contributed by atoms with van der Waals surface area (Å²) in [6, 6.07) is 0. The average Bonchev–Trinajstić information content (AvgIpc) is 2.19. The van der Waals surface area contributed by atoms with Crippen molar-refractivity contribution in [3.05, 3.63) is 0 Å². The van der Waals surface area contributed by atoms with Crippen LogP contribution < -0.4 is 0 Å². The number of rotatable bonds is 5. The van der Waals surface area contributed by atoms with E-state index in [1.54, 1.807) is 7.11 Å². The van der Waals surface area contributed by atoms with Crippen LogP contribution in [0.2, 0.25) is 0 Å². The molecule has 1 fully saturated rings. The van der Waals surface area contributed by atoms with Gasteiger partial charge in [0.1, 0.15) is 0 Å². The van der Waals surface area contributed by atoms with Crippen LogP contribution in [0.25, 0.3) is 0 Å². The molecule has 0 radical (unpaired) electrons. The van der Waals surface area contributed by atoms with E-state index in [0.717, 1.165) is 0 Å². The summed E-state index contributed by atoms with van der Waals surface area (Å²) in [6.45, 7) is 9.21. The topological polar surface area (TPSA) is 36.9 Å². The van der Waals surface area contributed by atoms with Crippen LogP contribution in [0.1, 0.15) is 20.8 Å². The molecule has 0 amide bonds. The van der Waals surface area contributed by atoms with Crippen molar-refractivity contribution in [3.63, 3.8) is 0 Å². The number of ether oxygens (including phenoxy) is 4. The normalized spacial score (nSPS) is 24.0. The Balaban J connectivity index is 2.23. The molecule has 15 heavy (non-hydrogen) atoms. The number of hydrogen-bond acceptors (Lipinski definition) is 4. The third kappa shape index (κ3) is 4.47. The molecular formula is C11H22O4. The molecule has 1 rings (SSSR count). The van der Waals surface area contributed by atoms with Gasteiger partial charge in [0.05, 0.1) is 33.0 Å². The minimum absolute atomic E-state index is 0.0384. The van der Waals surface area contributed by atoms with E-state index >= 15 is 0 Å². The van der Waals surface area contributed by atoms with Gasteiger partial charge < -0.3 is 18.9 Å². The summed E-state index contributed by atoms with van der Waals surface area (Å²) in [7, 11) is 1.67. The van der Waals surface area contributed by atoms with Crippen molar-refractivity contribution < 1.29 is 18.9 Å². The van der Waals surface area contributed by atoms with E-state index in [0.29, 0.717) is 33.0 Å². The van der Waals surface area contributed by atoms with Crippen LogP contribution >= 0.6 is 0 Å². The first-order chi connectivity index (χ1) is 6.97. The van der Waals surface area contributed by atoms with Crippen LogP contribution in [-0.4, -0.2) is 45.9 Å². The largest absolute Gasteiger partial charge is 0.382 e. The van der Waals surface area contributed by atoms with E-state index < -0.39 is 5.79 Å². The van der Waals surface area contributed by atoms with Crippen LogP contribution in [0.3, 0.4) is 0 Å². The van der Waals surface area contributed by atoms with Crippen molar-refractivity contribution in [3.8, 4) is 0 Å². The Labute approximate surface area is 91.8 Å². The van der Waals surface area contributed by atoms with Crippen LogP contribution in [0, 0.1) is 5.41 Å². The maximum absolute atomic E-state index is 5.60. The van der Waals surface area contributed by atoms with E-state index in [4.69, 9.17) is 18.9 Å². The molecule has 0 spiro atoms. The molecule has 0 saturated carbocycles. The monoisotopic (exact) mass is 218 g/mol. The highest BCUT2D eigenvalue weighted by atomic mass is 16.7. The molecule has 0 aromatic carbocycles. The van der Waals surface area contributed by atoms with Crippen LogP contribution in [0.4, 0.5) is 0 Å². The van der Waals surface area contributed by atoms with Crippen molar-refractivity contribution in [1.82, 2.24) is 0 Å². The summed E-state index contributed by atoms with van der Waals surface area (Å²) >= 11 is 0. The van der Waals surface area contributed by atoms with Gasteiger partial charge in [-0.15, -0.1) is 0 Å². The first-order valence-electron chi connectivity index (χ1n) is 5.32. The van der Waals surface area contributed by atoms with Gasteiger partial charge in [-0.05, 0) is 13.8 Å². The van der Waals surface area contributed by atoms with Gasteiger partial charge >= 0.3 is 0 Å². The molecule has 90 valence electrons. The van der Waals surface area contributed by atoms with Crippen molar-refractivity contribution in [2.45, 2.75) is 26.6 Å². The lowest BCUT2D eigenvalue weighted by atomic mass is 9.93. The summed E-state index contributed by atoms with van der Waals surface area (Å²) in [5.41, 5.74) is -0.0384. The molecule has 4 nitrogen and oxygen atoms in total. The molecule has 0 aliphatic carbocycles. The molecule has 1 saturated heterocycles. The van der Waals surface area contributed by atoms with Crippen molar-refractivity contribution >= 4 is 0 Å². The summed E-state index contributed by atoms with van der Waals surface area (Å²) in [5, 5.41) is 0. The molecule has 0 atom stereocenters. The van der Waals surface area contributed by atoms with E-state index in [1.165, 1.54) is 0 Å². The lowest BCUT2D eigenvalue weighted by Gasteiger charge is -2.41. The van der Waals surface area contributed by atoms with Crippen LogP contribution in [0.15, 0.2) is 0 Å². The van der Waals surface area contributed by atoms with Crippen LogP contribution in [-0.2, 0) is 18.9 Å². The molecular weight excluding hydrogens is 196 g/mol. The zero-order valence-electron chi connectivity index (χ0n) is 10.2. The van der Waals surface area contributed by atoms with E-state index in [9.17, 15) is 0 Å². The third-order valence-electron chi connectivity index (χ3n) is 2.42. The fraction of sp³-hybridized carbons (Fsp3) is 1.00. The second kappa shape index (κ2) is 5.25. The van der Waals surface area contributed by atoms with Gasteiger partial charge in [-0.1, -0.05) is 6.92 Å². The van der Waals surface area contributed by atoms with Crippen LogP contribution in [0.5, 0.6) is 0 Å². The maximum atomic E-state index is 5.60. The van der Waals surface area contributed by atoms with Crippen molar-refractivity contribution in [2.24, 2.45) is 5.41 Å². The molecule has 0 bridgehead atoms. The van der Waals surface area contributed by atoms with E-state index in [2.05, 4.69) is 6.92 Å². The van der Waals surface area contributed by atoms with Gasteiger partial charge in [-0.3, -0.25) is 0 Å². The number of methoxy groups -OCH3 is 1. The molecule has 0 unspecified atom stereocenters. The fourth-order valence-corrected chi connectivity index (χ4v) is 1.32. The Morgan fingerprint density at radius 3 is 2.20 bits per heavy atom. The second-order valence-corrected chi connectivity index (χ2v) is 4.83. The lowest BCUT2D eigenvalue weighted by molar-refractivity contribution is -0.288. The smallest absolute Gasteiger partial charge is 0.162 e. The molecule has 1 heterocycles. The maximum Gasteiger partial charge on any atom is 0.162 e. The Bertz CT molecular complexity index is 181. The molecule has 0 aromatic heterocycles. The molecule has 1 aliphatic rings. The highest BCUT2D eigenvalue weighted by molar-refractivity contribution is 4.78. The van der Waals surface area contributed by atoms with Gasteiger partial charge in [-0.25, -0.2) is 0 Å². The van der Waals surface area contributed by atoms with Gasteiger partial charge in [-0.2, -0.15) is 0 Å². The van der Waals surface area contributed by atoms with Gasteiger partial charge in [0, 0.05) is 12.5 Å². The van der Waals surface area contributed by atoms with E-state index in [-0.39, 0.29) is 5.41 Å². The summed E-state index contributed by atoms with van der Waals surface area (Å²) in [5.74, 6) is -0.452. The Morgan fingerprint density at radius 1 is 1.07 bits per heavy atom. The molecule has 0 aromatic rings. The Hall–Kier alpha value is -0.160. The zero-order chi connectivity index (χ0) is 11.4. The minimum Gasteiger partial charge on any atom is -0.382 e. The number of hydrogen-bond donors (Lipinski definition) is 0. The molecule has 0 N–H and O–H groups in total. The van der Waals surface area contributed by atoms with Gasteiger partial charge in [0.25, 0.3) is 0 Å². The third-order valence-corrected chi connectivity index (χ3v) is 2.42. The average molecular weight is 218 g/mol. The van der Waals surface area contributed by atoms with Crippen molar-refractivity contribution in [2.75, 3.05) is 40.1 Å². The zero-order valence-corrected chi connectivity index (χ0v) is 10.2. The highest BCUT2D eigenvalue weighted by Gasteiger charge is 2.36. The Morgan fingerprint density at radius 2 is 1.67 bits per heavy atom. The standard InChI is InChI=1S/C11H22O4/c1-10(2)14-8-11(3,9-15-10)7-13-6-5-12-4/h5-9H2,1-4H3. The predicted octanol–water partition coefficient (Wildman–Crippen LogP) is 1.44. The van der Waals surface area contributed by atoms with Crippen molar-refractivity contribution in [1.29, 1.82) is 0 Å².